The van der Waals surface area contributed by atoms with Crippen LogP contribution in [0.15, 0.2) is 0 Å². The Kier molecular flexibility index (Phi) is 5.10. The van der Waals surface area contributed by atoms with Crippen LogP contribution in [0.1, 0.15) is 26.2 Å². The van der Waals surface area contributed by atoms with Crippen LogP contribution in [-0.2, 0) is 9.59 Å². The van der Waals surface area contributed by atoms with Crippen LogP contribution in [0.25, 0.3) is 0 Å². The van der Waals surface area contributed by atoms with Crippen molar-refractivity contribution in [2.45, 2.75) is 32.2 Å². The minimum atomic E-state index is -0.309. The van der Waals surface area contributed by atoms with E-state index in [1.54, 1.807) is 0 Å². The summed E-state index contributed by atoms with van der Waals surface area (Å²) in [6.07, 6.45) is 2.01. The maximum atomic E-state index is 11.5. The van der Waals surface area contributed by atoms with Crippen LogP contribution in [0.5, 0.6) is 0 Å². The maximum Gasteiger partial charge on any atom is 0.242 e. The quantitative estimate of drug-likeness (QED) is 0.515. The van der Waals surface area contributed by atoms with Crippen molar-refractivity contribution in [3.63, 3.8) is 0 Å². The van der Waals surface area contributed by atoms with Crippen molar-refractivity contribution in [3.05, 3.63) is 0 Å². The zero-order valence-electron chi connectivity index (χ0n) is 9.14. The average Bonchev–Trinajstić information content (AvgIpc) is 2.64. The lowest BCUT2D eigenvalue weighted by molar-refractivity contribution is -0.125. The molecule has 5 heteroatoms. The molecule has 0 aromatic rings. The van der Waals surface area contributed by atoms with Crippen molar-refractivity contribution >= 4 is 11.8 Å². The maximum absolute atomic E-state index is 11.5. The molecule has 1 aliphatic heterocycles. The Morgan fingerprint density at radius 2 is 2.33 bits per heavy atom. The van der Waals surface area contributed by atoms with E-state index in [0.717, 1.165) is 19.5 Å². The molecule has 0 bridgehead atoms. The molecule has 1 aliphatic rings. The molecule has 1 rings (SSSR count). The van der Waals surface area contributed by atoms with Gasteiger partial charge in [0.15, 0.2) is 0 Å². The molecule has 0 aromatic carbocycles. The number of amides is 2. The van der Waals surface area contributed by atoms with Gasteiger partial charge < -0.3 is 16.0 Å². The van der Waals surface area contributed by atoms with Gasteiger partial charge in [-0.1, -0.05) is 6.92 Å². The topological polar surface area (TPSA) is 70.2 Å². The van der Waals surface area contributed by atoms with Gasteiger partial charge in [-0.25, -0.2) is 0 Å². The van der Waals surface area contributed by atoms with Gasteiger partial charge in [0, 0.05) is 13.0 Å². The van der Waals surface area contributed by atoms with Crippen molar-refractivity contribution in [1.82, 2.24) is 16.0 Å². The van der Waals surface area contributed by atoms with E-state index in [9.17, 15) is 9.59 Å². The Morgan fingerprint density at radius 3 is 2.93 bits per heavy atom. The van der Waals surface area contributed by atoms with Crippen LogP contribution in [0, 0.1) is 0 Å². The summed E-state index contributed by atoms with van der Waals surface area (Å²) in [7, 11) is 0. The number of nitrogens with one attached hydrogen (secondary N) is 3. The van der Waals surface area contributed by atoms with Crippen LogP contribution in [0.4, 0.5) is 0 Å². The van der Waals surface area contributed by atoms with Gasteiger partial charge >= 0.3 is 0 Å². The summed E-state index contributed by atoms with van der Waals surface area (Å²) in [6, 6.07) is -0.309. The summed E-state index contributed by atoms with van der Waals surface area (Å²) in [5.74, 6) is -0.0832. The number of hydrogen-bond donors (Lipinski definition) is 3. The molecule has 0 aliphatic carbocycles. The largest absolute Gasteiger partial charge is 0.354 e. The molecule has 86 valence electrons. The molecule has 15 heavy (non-hydrogen) atoms. The monoisotopic (exact) mass is 213 g/mol. The third-order valence-corrected chi connectivity index (χ3v) is 2.39. The van der Waals surface area contributed by atoms with Gasteiger partial charge in [-0.05, 0) is 25.9 Å². The Morgan fingerprint density at radius 1 is 1.53 bits per heavy atom. The first-order valence-electron chi connectivity index (χ1n) is 5.52. The standard InChI is InChI=1S/C10H19N3O2/c1-2-11-6-3-7-12-10(15)8-4-5-9(14)13-8/h8,11H,2-7H2,1H3,(H,12,15)(H,13,14). The Labute approximate surface area is 90.0 Å². The van der Waals surface area contributed by atoms with Gasteiger partial charge in [-0.15, -0.1) is 0 Å². The molecule has 1 saturated heterocycles. The minimum absolute atomic E-state index is 0.0252. The van der Waals surface area contributed by atoms with E-state index in [-0.39, 0.29) is 17.9 Å². The summed E-state index contributed by atoms with van der Waals surface area (Å²) in [5, 5.41) is 8.63. The molecule has 1 unspecified atom stereocenters. The van der Waals surface area contributed by atoms with Crippen LogP contribution in [-0.4, -0.2) is 37.5 Å². The first-order chi connectivity index (χ1) is 7.24. The normalized spacial score (nSPS) is 20.1. The Balaban J connectivity index is 2.06. The molecular formula is C10H19N3O2. The van der Waals surface area contributed by atoms with E-state index in [4.69, 9.17) is 0 Å². The first-order valence-corrected chi connectivity index (χ1v) is 5.52. The van der Waals surface area contributed by atoms with Gasteiger partial charge in [-0.2, -0.15) is 0 Å². The molecule has 5 nitrogen and oxygen atoms in total. The first kappa shape index (κ1) is 12.0. The smallest absolute Gasteiger partial charge is 0.242 e. The van der Waals surface area contributed by atoms with E-state index in [1.165, 1.54) is 0 Å². The summed E-state index contributed by atoms with van der Waals surface area (Å²) >= 11 is 0. The van der Waals surface area contributed by atoms with Gasteiger partial charge in [0.2, 0.25) is 11.8 Å². The van der Waals surface area contributed by atoms with Crippen molar-refractivity contribution in [3.8, 4) is 0 Å². The van der Waals surface area contributed by atoms with E-state index in [0.29, 0.717) is 19.4 Å². The summed E-state index contributed by atoms with van der Waals surface area (Å²) in [5.41, 5.74) is 0. The highest BCUT2D eigenvalue weighted by Gasteiger charge is 2.26. The van der Waals surface area contributed by atoms with Crippen molar-refractivity contribution in [1.29, 1.82) is 0 Å². The third kappa shape index (κ3) is 4.29. The Bertz CT molecular complexity index is 231. The molecule has 0 spiro atoms. The predicted molar refractivity (Wildman–Crippen MR) is 57.3 cm³/mol. The number of carbonyl (C=O) groups excluding carboxylic acids is 2. The fourth-order valence-electron chi connectivity index (χ4n) is 1.54. The fourth-order valence-corrected chi connectivity index (χ4v) is 1.54. The number of rotatable bonds is 6. The van der Waals surface area contributed by atoms with E-state index < -0.39 is 0 Å². The summed E-state index contributed by atoms with van der Waals surface area (Å²) in [6.45, 7) is 4.57. The van der Waals surface area contributed by atoms with Crippen molar-refractivity contribution in [2.75, 3.05) is 19.6 Å². The lowest BCUT2D eigenvalue weighted by Crippen LogP contribution is -2.42. The molecule has 2 amide bonds. The summed E-state index contributed by atoms with van der Waals surface area (Å²) in [4.78, 5) is 22.3. The highest BCUT2D eigenvalue weighted by Crippen LogP contribution is 2.05. The minimum Gasteiger partial charge on any atom is -0.354 e. The lowest BCUT2D eigenvalue weighted by atomic mass is 10.2. The van der Waals surface area contributed by atoms with E-state index in [1.807, 2.05) is 6.92 Å². The SMILES string of the molecule is CCNCCCNC(=O)C1CCC(=O)N1. The second kappa shape index (κ2) is 6.40. The molecule has 1 fully saturated rings. The van der Waals surface area contributed by atoms with Crippen LogP contribution >= 0.6 is 0 Å². The van der Waals surface area contributed by atoms with Gasteiger partial charge in [-0.3, -0.25) is 9.59 Å². The molecule has 0 aromatic heterocycles. The molecule has 1 heterocycles. The number of carbonyl (C=O) groups is 2. The molecule has 1 atom stereocenters. The third-order valence-electron chi connectivity index (χ3n) is 2.39. The van der Waals surface area contributed by atoms with Crippen molar-refractivity contribution < 1.29 is 9.59 Å². The second-order valence-corrected chi connectivity index (χ2v) is 3.66. The van der Waals surface area contributed by atoms with E-state index >= 15 is 0 Å². The highest BCUT2D eigenvalue weighted by atomic mass is 16.2. The zero-order valence-corrected chi connectivity index (χ0v) is 9.14. The van der Waals surface area contributed by atoms with Crippen LogP contribution < -0.4 is 16.0 Å². The highest BCUT2D eigenvalue weighted by molar-refractivity contribution is 5.90. The van der Waals surface area contributed by atoms with Crippen LogP contribution in [0.3, 0.4) is 0 Å². The van der Waals surface area contributed by atoms with Crippen LogP contribution in [0.2, 0.25) is 0 Å². The van der Waals surface area contributed by atoms with E-state index in [2.05, 4.69) is 16.0 Å². The molecular weight excluding hydrogens is 194 g/mol. The molecule has 0 saturated carbocycles. The molecule has 3 N–H and O–H groups in total. The zero-order chi connectivity index (χ0) is 11.1. The average molecular weight is 213 g/mol. The van der Waals surface area contributed by atoms with Crippen molar-refractivity contribution in [2.24, 2.45) is 0 Å². The van der Waals surface area contributed by atoms with Gasteiger partial charge in [0.05, 0.1) is 0 Å². The van der Waals surface area contributed by atoms with Gasteiger partial charge in [0.1, 0.15) is 6.04 Å². The second-order valence-electron chi connectivity index (χ2n) is 3.66. The van der Waals surface area contributed by atoms with Gasteiger partial charge in [0.25, 0.3) is 0 Å². The molecule has 0 radical (unpaired) electrons. The lowest BCUT2D eigenvalue weighted by Gasteiger charge is -2.10. The predicted octanol–water partition coefficient (Wildman–Crippen LogP) is -0.619. The number of hydrogen-bond acceptors (Lipinski definition) is 3. The fraction of sp³-hybridized carbons (Fsp3) is 0.800. The summed E-state index contributed by atoms with van der Waals surface area (Å²) < 4.78 is 0. The Hall–Kier alpha value is -1.10.